The molecule has 1 aromatic heterocycles. The van der Waals surface area contributed by atoms with E-state index in [1.807, 2.05) is 12.5 Å². The molecule has 2 atom stereocenters. The lowest BCUT2D eigenvalue weighted by Crippen LogP contribution is -2.22. The molecule has 0 aromatic carbocycles. The van der Waals surface area contributed by atoms with Crippen LogP contribution in [-0.4, -0.2) is 16.1 Å². The number of hydrogen-bond acceptors (Lipinski definition) is 2. The van der Waals surface area contributed by atoms with Gasteiger partial charge in [0, 0.05) is 30.4 Å². The molecule has 0 aliphatic heterocycles. The molecule has 110 valence electrons. The molecule has 0 aliphatic carbocycles. The maximum atomic E-state index is 5.93. The van der Waals surface area contributed by atoms with Gasteiger partial charge in [0.25, 0.3) is 0 Å². The molecule has 19 heavy (non-hydrogen) atoms. The fraction of sp³-hybridized carbons (Fsp3) is 0.812. The second-order valence-corrected chi connectivity index (χ2v) is 6.49. The maximum absolute atomic E-state index is 5.93. The summed E-state index contributed by atoms with van der Waals surface area (Å²) in [7, 11) is 0. The molecule has 2 N–H and O–H groups in total. The van der Waals surface area contributed by atoms with E-state index in [1.165, 1.54) is 25.0 Å². The van der Waals surface area contributed by atoms with Crippen LogP contribution in [0.15, 0.2) is 12.5 Å². The van der Waals surface area contributed by atoms with Crippen molar-refractivity contribution >= 4 is 0 Å². The Morgan fingerprint density at radius 1 is 1.16 bits per heavy atom. The lowest BCUT2D eigenvalue weighted by atomic mass is 9.92. The quantitative estimate of drug-likeness (QED) is 0.773. The Hall–Kier alpha value is -0.830. The van der Waals surface area contributed by atoms with Gasteiger partial charge in [-0.3, -0.25) is 0 Å². The molecule has 0 saturated heterocycles. The van der Waals surface area contributed by atoms with Gasteiger partial charge >= 0.3 is 0 Å². The number of aromatic nitrogens is 2. The molecule has 0 bridgehead atoms. The number of rotatable bonds is 8. The van der Waals surface area contributed by atoms with Crippen molar-refractivity contribution in [2.45, 2.75) is 65.8 Å². The zero-order chi connectivity index (χ0) is 14.4. The standard InChI is InChI=1S/C16H31N3/c1-12(2)7-6-8-14(5)19-11-18-10-16(19)15(9-17)13(3)4/h10-15H,6-9,17H2,1-5H3. The van der Waals surface area contributed by atoms with Crippen molar-refractivity contribution < 1.29 is 0 Å². The van der Waals surface area contributed by atoms with Crippen LogP contribution in [0, 0.1) is 11.8 Å². The Balaban J connectivity index is 2.70. The number of nitrogens with zero attached hydrogens (tertiary/aromatic N) is 2. The molecule has 0 amide bonds. The van der Waals surface area contributed by atoms with Gasteiger partial charge in [0.2, 0.25) is 0 Å². The molecule has 3 heteroatoms. The second kappa shape index (κ2) is 7.68. The summed E-state index contributed by atoms with van der Waals surface area (Å²) in [6.45, 7) is 12.0. The van der Waals surface area contributed by atoms with E-state index in [2.05, 4.69) is 44.2 Å². The smallest absolute Gasteiger partial charge is 0.0950 e. The SMILES string of the molecule is CC(C)CCCC(C)n1cncc1C(CN)C(C)C. The molecule has 0 spiro atoms. The van der Waals surface area contributed by atoms with E-state index in [9.17, 15) is 0 Å². The summed E-state index contributed by atoms with van der Waals surface area (Å²) >= 11 is 0. The highest BCUT2D eigenvalue weighted by molar-refractivity contribution is 5.09. The van der Waals surface area contributed by atoms with Crippen LogP contribution in [0.5, 0.6) is 0 Å². The molecule has 0 fully saturated rings. The van der Waals surface area contributed by atoms with Crippen LogP contribution in [0.4, 0.5) is 0 Å². The van der Waals surface area contributed by atoms with Crippen molar-refractivity contribution in [1.82, 2.24) is 9.55 Å². The van der Waals surface area contributed by atoms with Gasteiger partial charge < -0.3 is 10.3 Å². The van der Waals surface area contributed by atoms with Crippen molar-refractivity contribution in [2.75, 3.05) is 6.54 Å². The van der Waals surface area contributed by atoms with Crippen LogP contribution in [0.2, 0.25) is 0 Å². The Labute approximate surface area is 118 Å². The fourth-order valence-corrected chi connectivity index (χ4v) is 2.67. The van der Waals surface area contributed by atoms with E-state index in [0.29, 0.717) is 24.4 Å². The van der Waals surface area contributed by atoms with Crippen molar-refractivity contribution in [3.63, 3.8) is 0 Å². The summed E-state index contributed by atoms with van der Waals surface area (Å²) in [5, 5.41) is 0. The average Bonchev–Trinajstić information content (AvgIpc) is 2.78. The molecule has 0 saturated carbocycles. The summed E-state index contributed by atoms with van der Waals surface area (Å²) < 4.78 is 2.33. The highest BCUT2D eigenvalue weighted by atomic mass is 15.1. The van der Waals surface area contributed by atoms with E-state index in [0.717, 1.165) is 5.92 Å². The highest BCUT2D eigenvalue weighted by Gasteiger charge is 2.20. The Morgan fingerprint density at radius 3 is 2.37 bits per heavy atom. The maximum Gasteiger partial charge on any atom is 0.0950 e. The topological polar surface area (TPSA) is 43.8 Å². The minimum Gasteiger partial charge on any atom is -0.331 e. The molecule has 3 nitrogen and oxygen atoms in total. The zero-order valence-electron chi connectivity index (χ0n) is 13.3. The Kier molecular flexibility index (Phi) is 6.56. The first kappa shape index (κ1) is 16.2. The van der Waals surface area contributed by atoms with E-state index in [1.54, 1.807) is 0 Å². The molecular formula is C16H31N3. The first-order valence-corrected chi connectivity index (χ1v) is 7.69. The molecule has 1 rings (SSSR count). The van der Waals surface area contributed by atoms with Crippen molar-refractivity contribution in [2.24, 2.45) is 17.6 Å². The molecule has 0 radical (unpaired) electrons. The second-order valence-electron chi connectivity index (χ2n) is 6.49. The van der Waals surface area contributed by atoms with Gasteiger partial charge in [0.15, 0.2) is 0 Å². The predicted molar refractivity (Wildman–Crippen MR) is 82.3 cm³/mol. The van der Waals surface area contributed by atoms with Gasteiger partial charge in [0.1, 0.15) is 0 Å². The van der Waals surface area contributed by atoms with Crippen LogP contribution in [-0.2, 0) is 0 Å². The largest absolute Gasteiger partial charge is 0.331 e. The summed E-state index contributed by atoms with van der Waals surface area (Å²) in [5.74, 6) is 1.76. The third-order valence-electron chi connectivity index (χ3n) is 4.01. The number of hydrogen-bond donors (Lipinski definition) is 1. The van der Waals surface area contributed by atoms with Crippen LogP contribution >= 0.6 is 0 Å². The van der Waals surface area contributed by atoms with Crippen molar-refractivity contribution in [3.05, 3.63) is 18.2 Å². The van der Waals surface area contributed by atoms with Gasteiger partial charge in [-0.2, -0.15) is 0 Å². The predicted octanol–water partition coefficient (Wildman–Crippen LogP) is 3.97. The Morgan fingerprint density at radius 2 is 1.84 bits per heavy atom. The van der Waals surface area contributed by atoms with Gasteiger partial charge in [-0.05, 0) is 25.2 Å². The van der Waals surface area contributed by atoms with Gasteiger partial charge in [0.05, 0.1) is 6.33 Å². The molecule has 0 aliphatic rings. The van der Waals surface area contributed by atoms with Crippen LogP contribution in [0.1, 0.15) is 71.5 Å². The monoisotopic (exact) mass is 265 g/mol. The lowest BCUT2D eigenvalue weighted by Gasteiger charge is -2.24. The molecule has 1 heterocycles. The van der Waals surface area contributed by atoms with Crippen molar-refractivity contribution in [3.8, 4) is 0 Å². The van der Waals surface area contributed by atoms with Gasteiger partial charge in [-0.15, -0.1) is 0 Å². The minimum atomic E-state index is 0.412. The minimum absolute atomic E-state index is 0.412. The van der Waals surface area contributed by atoms with Crippen molar-refractivity contribution in [1.29, 1.82) is 0 Å². The first-order chi connectivity index (χ1) is 8.97. The average molecular weight is 265 g/mol. The zero-order valence-corrected chi connectivity index (χ0v) is 13.3. The normalized spacial score (nSPS) is 15.2. The van der Waals surface area contributed by atoms with E-state index in [4.69, 9.17) is 5.73 Å². The van der Waals surface area contributed by atoms with Crippen LogP contribution < -0.4 is 5.73 Å². The summed E-state index contributed by atoms with van der Waals surface area (Å²) in [4.78, 5) is 4.35. The summed E-state index contributed by atoms with van der Waals surface area (Å²) in [6, 6.07) is 0.518. The fourth-order valence-electron chi connectivity index (χ4n) is 2.67. The van der Waals surface area contributed by atoms with Crippen LogP contribution in [0.25, 0.3) is 0 Å². The summed E-state index contributed by atoms with van der Waals surface area (Å²) in [6.07, 6.45) is 7.78. The third kappa shape index (κ3) is 4.64. The lowest BCUT2D eigenvalue weighted by molar-refractivity contribution is 0.409. The number of nitrogens with two attached hydrogens (primary N) is 1. The number of imidazole rings is 1. The Bertz CT molecular complexity index is 355. The molecule has 1 aromatic rings. The van der Waals surface area contributed by atoms with E-state index < -0.39 is 0 Å². The molecule has 2 unspecified atom stereocenters. The molecular weight excluding hydrogens is 234 g/mol. The first-order valence-electron chi connectivity index (χ1n) is 7.69. The van der Waals surface area contributed by atoms with Gasteiger partial charge in [-0.1, -0.05) is 40.5 Å². The van der Waals surface area contributed by atoms with Gasteiger partial charge in [-0.25, -0.2) is 4.98 Å². The van der Waals surface area contributed by atoms with Crippen LogP contribution in [0.3, 0.4) is 0 Å². The highest BCUT2D eigenvalue weighted by Crippen LogP contribution is 2.27. The van der Waals surface area contributed by atoms with E-state index >= 15 is 0 Å². The third-order valence-corrected chi connectivity index (χ3v) is 4.01. The van der Waals surface area contributed by atoms with E-state index in [-0.39, 0.29) is 0 Å². The summed E-state index contributed by atoms with van der Waals surface area (Å²) in [5.41, 5.74) is 7.23.